The number of nitro benzene ring substituents is 1. The van der Waals surface area contributed by atoms with Gasteiger partial charge < -0.3 is 15.0 Å². The van der Waals surface area contributed by atoms with Crippen LogP contribution in [0.4, 0.5) is 5.69 Å². The fourth-order valence-corrected chi connectivity index (χ4v) is 2.09. The minimum absolute atomic E-state index is 0.119. The number of amides is 1. The second kappa shape index (κ2) is 6.33. The van der Waals surface area contributed by atoms with Gasteiger partial charge in [0.05, 0.1) is 4.92 Å². The molecule has 1 atom stereocenters. The maximum absolute atomic E-state index is 12.2. The second-order valence-corrected chi connectivity index (χ2v) is 4.56. The Morgan fingerprint density at radius 2 is 2.05 bits per heavy atom. The normalized spacial score (nSPS) is 16.6. The summed E-state index contributed by atoms with van der Waals surface area (Å²) in [6.07, 6.45) is -0.741. The van der Waals surface area contributed by atoms with Crippen LogP contribution < -0.4 is 10.1 Å². The Morgan fingerprint density at radius 1 is 1.40 bits per heavy atom. The highest BCUT2D eigenvalue weighted by molar-refractivity contribution is 5.81. The summed E-state index contributed by atoms with van der Waals surface area (Å²) in [5.41, 5.74) is -0.132. The van der Waals surface area contributed by atoms with Crippen molar-refractivity contribution in [3.05, 3.63) is 34.4 Å². The van der Waals surface area contributed by atoms with E-state index >= 15 is 0 Å². The molecule has 1 aliphatic rings. The van der Waals surface area contributed by atoms with Crippen LogP contribution in [0, 0.1) is 10.1 Å². The first-order chi connectivity index (χ1) is 9.59. The fourth-order valence-electron chi connectivity index (χ4n) is 2.09. The largest absolute Gasteiger partial charge is 0.474 e. The number of nitrogens with one attached hydrogen (secondary N) is 1. The third-order valence-corrected chi connectivity index (χ3v) is 3.14. The van der Waals surface area contributed by atoms with Gasteiger partial charge in [-0.2, -0.15) is 0 Å². The van der Waals surface area contributed by atoms with Crippen LogP contribution in [-0.2, 0) is 4.79 Å². The summed E-state index contributed by atoms with van der Waals surface area (Å²) < 4.78 is 5.47. The molecule has 0 saturated carbocycles. The Kier molecular flexibility index (Phi) is 4.52. The van der Waals surface area contributed by atoms with Gasteiger partial charge in [0.2, 0.25) is 0 Å². The average molecular weight is 279 g/mol. The van der Waals surface area contributed by atoms with Crippen LogP contribution in [0.25, 0.3) is 0 Å². The van der Waals surface area contributed by atoms with Crippen LogP contribution in [0.1, 0.15) is 6.92 Å². The number of hydrogen-bond acceptors (Lipinski definition) is 5. The molecule has 108 valence electrons. The van der Waals surface area contributed by atoms with Crippen molar-refractivity contribution in [3.8, 4) is 5.75 Å². The van der Waals surface area contributed by atoms with E-state index in [2.05, 4.69) is 5.32 Å². The summed E-state index contributed by atoms with van der Waals surface area (Å²) in [5.74, 6) is -0.0295. The quantitative estimate of drug-likeness (QED) is 0.650. The van der Waals surface area contributed by atoms with Crippen molar-refractivity contribution >= 4 is 11.6 Å². The van der Waals surface area contributed by atoms with Crippen LogP contribution in [0.15, 0.2) is 24.3 Å². The molecule has 1 amide bonds. The summed E-state index contributed by atoms with van der Waals surface area (Å²) in [6, 6.07) is 6.06. The molecular formula is C13H17N3O4. The summed E-state index contributed by atoms with van der Waals surface area (Å²) in [5, 5.41) is 14.1. The fraction of sp³-hybridized carbons (Fsp3) is 0.462. The van der Waals surface area contributed by atoms with E-state index in [4.69, 9.17) is 4.74 Å². The molecule has 1 unspecified atom stereocenters. The number of benzene rings is 1. The van der Waals surface area contributed by atoms with Crippen LogP contribution in [0.2, 0.25) is 0 Å². The minimum atomic E-state index is -0.741. The molecule has 7 heteroatoms. The predicted octanol–water partition coefficient (Wildman–Crippen LogP) is 0.794. The Labute approximate surface area is 116 Å². The van der Waals surface area contributed by atoms with Crippen molar-refractivity contribution in [1.29, 1.82) is 0 Å². The van der Waals surface area contributed by atoms with E-state index in [9.17, 15) is 14.9 Å². The summed E-state index contributed by atoms with van der Waals surface area (Å²) in [4.78, 5) is 24.3. The molecular weight excluding hydrogens is 262 g/mol. The van der Waals surface area contributed by atoms with Crippen LogP contribution in [0.3, 0.4) is 0 Å². The van der Waals surface area contributed by atoms with E-state index in [1.807, 2.05) is 0 Å². The number of nitro groups is 1. The monoisotopic (exact) mass is 279 g/mol. The summed E-state index contributed by atoms with van der Waals surface area (Å²) >= 11 is 0. The first kappa shape index (κ1) is 14.3. The van der Waals surface area contributed by atoms with Gasteiger partial charge in [-0.05, 0) is 13.0 Å². The molecule has 2 rings (SSSR count). The zero-order valence-corrected chi connectivity index (χ0v) is 11.2. The van der Waals surface area contributed by atoms with Crippen molar-refractivity contribution in [2.75, 3.05) is 26.2 Å². The van der Waals surface area contributed by atoms with Crippen molar-refractivity contribution in [1.82, 2.24) is 10.2 Å². The molecule has 1 fully saturated rings. The van der Waals surface area contributed by atoms with Gasteiger partial charge in [0.25, 0.3) is 5.91 Å². The third kappa shape index (κ3) is 3.24. The van der Waals surface area contributed by atoms with E-state index in [-0.39, 0.29) is 17.3 Å². The molecule has 1 saturated heterocycles. The zero-order valence-electron chi connectivity index (χ0n) is 11.2. The van der Waals surface area contributed by atoms with Crippen LogP contribution >= 0.6 is 0 Å². The lowest BCUT2D eigenvalue weighted by molar-refractivity contribution is -0.386. The molecule has 0 bridgehead atoms. The highest BCUT2D eigenvalue weighted by atomic mass is 16.6. The van der Waals surface area contributed by atoms with Crippen LogP contribution in [0.5, 0.6) is 5.75 Å². The number of carbonyl (C=O) groups is 1. The lowest BCUT2D eigenvalue weighted by atomic mass is 10.2. The Balaban J connectivity index is 2.05. The highest BCUT2D eigenvalue weighted by Gasteiger charge is 2.25. The van der Waals surface area contributed by atoms with Crippen molar-refractivity contribution in [2.24, 2.45) is 0 Å². The average Bonchev–Trinajstić information content (AvgIpc) is 2.47. The molecule has 0 aliphatic carbocycles. The molecule has 20 heavy (non-hydrogen) atoms. The molecule has 0 aromatic heterocycles. The van der Waals surface area contributed by atoms with E-state index in [1.165, 1.54) is 12.1 Å². The van der Waals surface area contributed by atoms with E-state index in [0.29, 0.717) is 13.1 Å². The molecule has 1 N–H and O–H groups in total. The number of ether oxygens (including phenoxy) is 1. The SMILES string of the molecule is CC(Oc1ccccc1[N+](=O)[O-])C(=O)N1CCNCC1. The second-order valence-electron chi connectivity index (χ2n) is 4.56. The molecule has 0 radical (unpaired) electrons. The number of hydrogen-bond donors (Lipinski definition) is 1. The van der Waals surface area contributed by atoms with Crippen molar-refractivity contribution in [3.63, 3.8) is 0 Å². The standard InChI is InChI=1S/C13H17N3O4/c1-10(13(17)15-8-6-14-7-9-15)20-12-5-3-2-4-11(12)16(18)19/h2-5,10,14H,6-9H2,1H3. The number of para-hydroxylation sites is 2. The molecule has 1 aromatic rings. The first-order valence-corrected chi connectivity index (χ1v) is 6.49. The Bertz CT molecular complexity index is 500. The number of rotatable bonds is 4. The summed E-state index contributed by atoms with van der Waals surface area (Å²) in [7, 11) is 0. The maximum atomic E-state index is 12.2. The van der Waals surface area contributed by atoms with E-state index in [1.54, 1.807) is 24.0 Å². The van der Waals surface area contributed by atoms with E-state index < -0.39 is 11.0 Å². The van der Waals surface area contributed by atoms with Crippen LogP contribution in [-0.4, -0.2) is 48.0 Å². The van der Waals surface area contributed by atoms with Gasteiger partial charge in [-0.3, -0.25) is 14.9 Å². The maximum Gasteiger partial charge on any atom is 0.310 e. The smallest absolute Gasteiger partial charge is 0.310 e. The van der Waals surface area contributed by atoms with Gasteiger partial charge >= 0.3 is 5.69 Å². The van der Waals surface area contributed by atoms with Gasteiger partial charge in [-0.15, -0.1) is 0 Å². The lowest BCUT2D eigenvalue weighted by Gasteiger charge is -2.29. The zero-order chi connectivity index (χ0) is 14.5. The van der Waals surface area contributed by atoms with Gasteiger partial charge in [-0.1, -0.05) is 12.1 Å². The van der Waals surface area contributed by atoms with Crippen molar-refractivity contribution in [2.45, 2.75) is 13.0 Å². The Hall–Kier alpha value is -2.15. The van der Waals surface area contributed by atoms with Gasteiger partial charge in [0.1, 0.15) is 0 Å². The summed E-state index contributed by atoms with van der Waals surface area (Å²) in [6.45, 7) is 4.38. The first-order valence-electron chi connectivity index (χ1n) is 6.49. The number of carbonyl (C=O) groups excluding carboxylic acids is 1. The topological polar surface area (TPSA) is 84.7 Å². The highest BCUT2D eigenvalue weighted by Crippen LogP contribution is 2.27. The van der Waals surface area contributed by atoms with Gasteiger partial charge in [0, 0.05) is 32.2 Å². The third-order valence-electron chi connectivity index (χ3n) is 3.14. The van der Waals surface area contributed by atoms with Gasteiger partial charge in [-0.25, -0.2) is 0 Å². The van der Waals surface area contributed by atoms with Crippen molar-refractivity contribution < 1.29 is 14.5 Å². The molecule has 1 aliphatic heterocycles. The van der Waals surface area contributed by atoms with Gasteiger partial charge in [0.15, 0.2) is 11.9 Å². The number of nitrogens with zero attached hydrogens (tertiary/aromatic N) is 2. The molecule has 1 heterocycles. The molecule has 1 aromatic carbocycles. The predicted molar refractivity (Wildman–Crippen MR) is 72.6 cm³/mol. The van der Waals surface area contributed by atoms with E-state index in [0.717, 1.165) is 13.1 Å². The Morgan fingerprint density at radius 3 is 2.70 bits per heavy atom. The minimum Gasteiger partial charge on any atom is -0.474 e. The molecule has 0 spiro atoms. The molecule has 7 nitrogen and oxygen atoms in total. The lowest BCUT2D eigenvalue weighted by Crippen LogP contribution is -2.50. The number of piperazine rings is 1.